The van der Waals surface area contributed by atoms with Gasteiger partial charge in [-0.15, -0.1) is 0 Å². The summed E-state index contributed by atoms with van der Waals surface area (Å²) in [5.74, 6) is 1.94. The van der Waals surface area contributed by atoms with Crippen molar-refractivity contribution in [3.05, 3.63) is 29.8 Å². The molecule has 0 aliphatic carbocycles. The van der Waals surface area contributed by atoms with E-state index in [4.69, 9.17) is 4.74 Å². The second kappa shape index (κ2) is 7.32. The molecule has 1 aromatic carbocycles. The van der Waals surface area contributed by atoms with Gasteiger partial charge in [-0.25, -0.2) is 0 Å². The molecule has 0 unspecified atom stereocenters. The van der Waals surface area contributed by atoms with E-state index in [1.165, 1.54) is 5.56 Å². The SMILES string of the molecule is CCCC(=O)N1CCC(Cc2cccc(OC)c2)CC1. The molecule has 0 bridgehead atoms. The summed E-state index contributed by atoms with van der Waals surface area (Å²) in [6.45, 7) is 3.91. The zero-order valence-electron chi connectivity index (χ0n) is 12.6. The van der Waals surface area contributed by atoms with Crippen LogP contribution in [0.5, 0.6) is 5.75 Å². The largest absolute Gasteiger partial charge is 0.497 e. The second-order valence-electron chi connectivity index (χ2n) is 5.63. The van der Waals surface area contributed by atoms with Gasteiger partial charge in [-0.05, 0) is 49.3 Å². The minimum Gasteiger partial charge on any atom is -0.497 e. The highest BCUT2D eigenvalue weighted by Crippen LogP contribution is 2.24. The van der Waals surface area contributed by atoms with Crippen molar-refractivity contribution in [2.24, 2.45) is 5.92 Å². The molecule has 2 rings (SSSR count). The van der Waals surface area contributed by atoms with E-state index in [2.05, 4.69) is 19.1 Å². The lowest BCUT2D eigenvalue weighted by molar-refractivity contribution is -0.132. The maximum atomic E-state index is 11.9. The normalized spacial score (nSPS) is 16.2. The van der Waals surface area contributed by atoms with Crippen LogP contribution >= 0.6 is 0 Å². The van der Waals surface area contributed by atoms with E-state index in [9.17, 15) is 4.79 Å². The van der Waals surface area contributed by atoms with Crippen LogP contribution in [0.15, 0.2) is 24.3 Å². The molecule has 0 spiro atoms. The summed E-state index contributed by atoms with van der Waals surface area (Å²) in [7, 11) is 1.71. The van der Waals surface area contributed by atoms with E-state index < -0.39 is 0 Å². The Kier molecular flexibility index (Phi) is 5.45. The Morgan fingerprint density at radius 3 is 2.75 bits per heavy atom. The minimum absolute atomic E-state index is 0.326. The Bertz CT molecular complexity index is 436. The van der Waals surface area contributed by atoms with Crippen molar-refractivity contribution in [2.75, 3.05) is 20.2 Å². The summed E-state index contributed by atoms with van der Waals surface area (Å²) >= 11 is 0. The number of nitrogens with zero attached hydrogens (tertiary/aromatic N) is 1. The highest BCUT2D eigenvalue weighted by molar-refractivity contribution is 5.76. The van der Waals surface area contributed by atoms with Gasteiger partial charge in [-0.2, -0.15) is 0 Å². The Morgan fingerprint density at radius 2 is 2.10 bits per heavy atom. The fourth-order valence-electron chi connectivity index (χ4n) is 2.89. The summed E-state index contributed by atoms with van der Waals surface area (Å²) in [4.78, 5) is 13.9. The van der Waals surface area contributed by atoms with Gasteiger partial charge in [0.2, 0.25) is 5.91 Å². The number of hydrogen-bond acceptors (Lipinski definition) is 2. The van der Waals surface area contributed by atoms with Crippen molar-refractivity contribution in [2.45, 2.75) is 39.0 Å². The molecule has 1 amide bonds. The second-order valence-corrected chi connectivity index (χ2v) is 5.63. The molecular formula is C17H25NO2. The molecule has 1 aliphatic rings. The van der Waals surface area contributed by atoms with Crippen LogP contribution in [0.1, 0.15) is 38.2 Å². The maximum Gasteiger partial charge on any atom is 0.222 e. The maximum absolute atomic E-state index is 11.9. The van der Waals surface area contributed by atoms with Crippen molar-refractivity contribution in [3.63, 3.8) is 0 Å². The molecule has 1 aromatic rings. The van der Waals surface area contributed by atoms with Crippen molar-refractivity contribution < 1.29 is 9.53 Å². The number of ether oxygens (including phenoxy) is 1. The minimum atomic E-state index is 0.326. The lowest BCUT2D eigenvalue weighted by Gasteiger charge is -2.32. The first-order chi connectivity index (χ1) is 9.72. The van der Waals surface area contributed by atoms with E-state index in [1.54, 1.807) is 7.11 Å². The Hall–Kier alpha value is -1.51. The first-order valence-corrected chi connectivity index (χ1v) is 7.63. The van der Waals surface area contributed by atoms with Crippen LogP contribution in [0.2, 0.25) is 0 Å². The molecule has 1 aliphatic heterocycles. The third-order valence-corrected chi connectivity index (χ3v) is 4.09. The molecule has 20 heavy (non-hydrogen) atoms. The van der Waals surface area contributed by atoms with Crippen LogP contribution in [-0.2, 0) is 11.2 Å². The first kappa shape index (κ1) is 14.9. The summed E-state index contributed by atoms with van der Waals surface area (Å²) in [5, 5.41) is 0. The molecule has 1 saturated heterocycles. The molecule has 0 N–H and O–H groups in total. The highest BCUT2D eigenvalue weighted by atomic mass is 16.5. The summed E-state index contributed by atoms with van der Waals surface area (Å²) in [5.41, 5.74) is 1.34. The van der Waals surface area contributed by atoms with Gasteiger partial charge in [0, 0.05) is 19.5 Å². The van der Waals surface area contributed by atoms with E-state index in [0.717, 1.165) is 44.5 Å². The van der Waals surface area contributed by atoms with Gasteiger partial charge in [0.1, 0.15) is 5.75 Å². The predicted octanol–water partition coefficient (Wildman–Crippen LogP) is 3.28. The van der Waals surface area contributed by atoms with E-state index in [0.29, 0.717) is 18.2 Å². The van der Waals surface area contributed by atoms with E-state index >= 15 is 0 Å². The van der Waals surface area contributed by atoms with Crippen molar-refractivity contribution in [3.8, 4) is 5.75 Å². The molecule has 3 heteroatoms. The van der Waals surface area contributed by atoms with Gasteiger partial charge in [-0.1, -0.05) is 19.1 Å². The number of rotatable bonds is 5. The molecule has 3 nitrogen and oxygen atoms in total. The van der Waals surface area contributed by atoms with Gasteiger partial charge >= 0.3 is 0 Å². The fourth-order valence-corrected chi connectivity index (χ4v) is 2.89. The molecule has 0 radical (unpaired) electrons. The third kappa shape index (κ3) is 3.99. The zero-order valence-corrected chi connectivity index (χ0v) is 12.6. The first-order valence-electron chi connectivity index (χ1n) is 7.63. The predicted molar refractivity (Wildman–Crippen MR) is 80.9 cm³/mol. The Morgan fingerprint density at radius 1 is 1.35 bits per heavy atom. The van der Waals surface area contributed by atoms with Gasteiger partial charge in [0.25, 0.3) is 0 Å². The van der Waals surface area contributed by atoms with Crippen LogP contribution in [0, 0.1) is 5.92 Å². The van der Waals surface area contributed by atoms with Gasteiger partial charge < -0.3 is 9.64 Å². The molecule has 1 heterocycles. The van der Waals surface area contributed by atoms with Crippen molar-refractivity contribution in [1.29, 1.82) is 0 Å². The van der Waals surface area contributed by atoms with Crippen LogP contribution in [0.3, 0.4) is 0 Å². The van der Waals surface area contributed by atoms with Gasteiger partial charge in [0.15, 0.2) is 0 Å². The summed E-state index contributed by atoms with van der Waals surface area (Å²) in [6, 6.07) is 8.31. The molecular weight excluding hydrogens is 250 g/mol. The number of hydrogen-bond donors (Lipinski definition) is 0. The quantitative estimate of drug-likeness (QED) is 0.825. The highest BCUT2D eigenvalue weighted by Gasteiger charge is 2.22. The average molecular weight is 275 g/mol. The monoisotopic (exact) mass is 275 g/mol. The van der Waals surface area contributed by atoms with Gasteiger partial charge in [-0.3, -0.25) is 4.79 Å². The van der Waals surface area contributed by atoms with Crippen LogP contribution in [0.4, 0.5) is 0 Å². The molecule has 0 aromatic heterocycles. The standard InChI is InChI=1S/C17H25NO2/c1-3-5-17(19)18-10-8-14(9-11-18)12-15-6-4-7-16(13-15)20-2/h4,6-7,13-14H,3,5,8-12H2,1-2H3. The van der Waals surface area contributed by atoms with Crippen LogP contribution in [-0.4, -0.2) is 31.0 Å². The number of piperidine rings is 1. The van der Waals surface area contributed by atoms with Gasteiger partial charge in [0.05, 0.1) is 7.11 Å². The fraction of sp³-hybridized carbons (Fsp3) is 0.588. The lowest BCUT2D eigenvalue weighted by Crippen LogP contribution is -2.38. The van der Waals surface area contributed by atoms with Crippen molar-refractivity contribution in [1.82, 2.24) is 4.90 Å². The zero-order chi connectivity index (χ0) is 14.4. The topological polar surface area (TPSA) is 29.5 Å². The molecule has 110 valence electrons. The summed E-state index contributed by atoms with van der Waals surface area (Å²) in [6.07, 6.45) is 4.97. The third-order valence-electron chi connectivity index (χ3n) is 4.09. The number of carbonyl (C=O) groups excluding carboxylic acids is 1. The lowest BCUT2D eigenvalue weighted by atomic mass is 9.90. The average Bonchev–Trinajstić information content (AvgIpc) is 2.48. The number of benzene rings is 1. The van der Waals surface area contributed by atoms with E-state index in [1.807, 2.05) is 17.0 Å². The number of amides is 1. The van der Waals surface area contributed by atoms with E-state index in [-0.39, 0.29) is 0 Å². The Labute approximate surface area is 121 Å². The van der Waals surface area contributed by atoms with Crippen molar-refractivity contribution >= 4 is 5.91 Å². The smallest absolute Gasteiger partial charge is 0.222 e. The molecule has 0 atom stereocenters. The van der Waals surface area contributed by atoms with Crippen LogP contribution in [0.25, 0.3) is 0 Å². The number of carbonyl (C=O) groups is 1. The van der Waals surface area contributed by atoms with Crippen LogP contribution < -0.4 is 4.74 Å². The summed E-state index contributed by atoms with van der Waals surface area (Å²) < 4.78 is 5.27. The Balaban J connectivity index is 1.83. The molecule has 0 saturated carbocycles. The molecule has 1 fully saturated rings. The number of methoxy groups -OCH3 is 1. The number of likely N-dealkylation sites (tertiary alicyclic amines) is 1.